The lowest BCUT2D eigenvalue weighted by molar-refractivity contribution is -0.137. The van der Waals surface area contributed by atoms with E-state index >= 15 is 0 Å². The van der Waals surface area contributed by atoms with Crippen LogP contribution >= 0.6 is 0 Å². The number of hydrogen-bond acceptors (Lipinski definition) is 6. The van der Waals surface area contributed by atoms with E-state index in [1.807, 2.05) is 18.2 Å². The molecule has 6 heteroatoms. The average molecular weight is 398 g/mol. The number of hydrogen-bond donors (Lipinski definition) is 1. The summed E-state index contributed by atoms with van der Waals surface area (Å²) in [6.45, 7) is 7.45. The Morgan fingerprint density at radius 3 is 2.76 bits per heavy atom. The van der Waals surface area contributed by atoms with Crippen LogP contribution in [0.25, 0.3) is 17.0 Å². The molecule has 0 amide bonds. The number of aromatic nitrogens is 1. The van der Waals surface area contributed by atoms with Gasteiger partial charge < -0.3 is 20.1 Å². The maximum absolute atomic E-state index is 11.7. The largest absolute Gasteiger partial charge is 0.481 e. The fraction of sp³-hybridized carbons (Fsp3) is 0.478. The zero-order valence-electron chi connectivity index (χ0n) is 17.6. The van der Waals surface area contributed by atoms with E-state index in [4.69, 9.17) is 20.2 Å². The standard InChI is InChI=1S/C23H31N3O3/c1-4-29-22(27)10-6-17-5-7-19(23-20(17)8-9-21(25-23)28-3)16(2)15-26-13-11-18(24)12-14-26/h5-10,16,18H,4,11-15,24H2,1-3H3/b10-6+. The van der Waals surface area contributed by atoms with E-state index in [9.17, 15) is 4.79 Å². The number of nitrogens with zero attached hydrogens (tertiary/aromatic N) is 2. The topological polar surface area (TPSA) is 77.7 Å². The summed E-state index contributed by atoms with van der Waals surface area (Å²) in [5.74, 6) is 0.554. The van der Waals surface area contributed by atoms with Crippen molar-refractivity contribution in [2.24, 2.45) is 5.73 Å². The number of fused-ring (bicyclic) bond motifs is 1. The zero-order chi connectivity index (χ0) is 20.8. The Morgan fingerprint density at radius 1 is 1.31 bits per heavy atom. The fourth-order valence-electron chi connectivity index (χ4n) is 3.87. The van der Waals surface area contributed by atoms with E-state index in [0.29, 0.717) is 24.4 Å². The Kier molecular flexibility index (Phi) is 7.23. The average Bonchev–Trinajstić information content (AvgIpc) is 2.73. The Hall–Kier alpha value is -2.44. The van der Waals surface area contributed by atoms with E-state index in [0.717, 1.165) is 48.9 Å². The summed E-state index contributed by atoms with van der Waals surface area (Å²) in [6, 6.07) is 8.34. The molecule has 0 aliphatic carbocycles. The molecule has 0 bridgehead atoms. The van der Waals surface area contributed by atoms with Gasteiger partial charge in [0.1, 0.15) is 0 Å². The molecule has 2 aromatic rings. The molecular weight excluding hydrogens is 366 g/mol. The molecule has 0 saturated carbocycles. The van der Waals surface area contributed by atoms with E-state index < -0.39 is 0 Å². The van der Waals surface area contributed by atoms with E-state index in [1.54, 1.807) is 20.1 Å². The highest BCUT2D eigenvalue weighted by molar-refractivity contribution is 5.95. The highest BCUT2D eigenvalue weighted by Crippen LogP contribution is 2.30. The smallest absolute Gasteiger partial charge is 0.330 e. The van der Waals surface area contributed by atoms with Crippen molar-refractivity contribution in [3.8, 4) is 5.88 Å². The summed E-state index contributed by atoms with van der Waals surface area (Å²) in [5.41, 5.74) is 9.07. The third-order valence-corrected chi connectivity index (χ3v) is 5.49. The van der Waals surface area contributed by atoms with Gasteiger partial charge in [-0.3, -0.25) is 0 Å². The SMILES string of the molecule is CCOC(=O)/C=C/c1ccc(C(C)CN2CCC(N)CC2)c2nc(OC)ccc12. The first-order chi connectivity index (χ1) is 14.0. The van der Waals surface area contributed by atoms with Gasteiger partial charge in [0.25, 0.3) is 0 Å². The summed E-state index contributed by atoms with van der Waals surface area (Å²) < 4.78 is 10.4. The number of rotatable bonds is 7. The van der Waals surface area contributed by atoms with Gasteiger partial charge >= 0.3 is 5.97 Å². The molecule has 1 fully saturated rings. The first-order valence-corrected chi connectivity index (χ1v) is 10.3. The molecule has 156 valence electrons. The number of carbonyl (C=O) groups excluding carboxylic acids is 1. The van der Waals surface area contributed by atoms with E-state index in [1.165, 1.54) is 11.6 Å². The third-order valence-electron chi connectivity index (χ3n) is 5.49. The highest BCUT2D eigenvalue weighted by Gasteiger charge is 2.20. The van der Waals surface area contributed by atoms with Crippen LogP contribution in [0.4, 0.5) is 0 Å². The van der Waals surface area contributed by atoms with Gasteiger partial charge in [0.2, 0.25) is 5.88 Å². The van der Waals surface area contributed by atoms with Crippen LogP contribution in [-0.2, 0) is 9.53 Å². The quantitative estimate of drug-likeness (QED) is 0.570. The predicted octanol–water partition coefficient (Wildman–Crippen LogP) is 3.35. The minimum Gasteiger partial charge on any atom is -0.481 e. The lowest BCUT2D eigenvalue weighted by Gasteiger charge is -2.32. The van der Waals surface area contributed by atoms with E-state index in [-0.39, 0.29) is 5.97 Å². The first-order valence-electron chi connectivity index (χ1n) is 10.3. The summed E-state index contributed by atoms with van der Waals surface area (Å²) in [5, 5.41) is 0.997. The van der Waals surface area contributed by atoms with Crippen LogP contribution in [0.2, 0.25) is 0 Å². The maximum atomic E-state index is 11.7. The van der Waals surface area contributed by atoms with Crippen LogP contribution in [0, 0.1) is 0 Å². The van der Waals surface area contributed by atoms with Gasteiger partial charge in [0.15, 0.2) is 0 Å². The van der Waals surface area contributed by atoms with E-state index in [2.05, 4.69) is 17.9 Å². The van der Waals surface area contributed by atoms with Gasteiger partial charge in [0, 0.05) is 30.1 Å². The molecule has 0 spiro atoms. The molecule has 3 rings (SSSR count). The van der Waals surface area contributed by atoms with Gasteiger partial charge in [0.05, 0.1) is 19.2 Å². The van der Waals surface area contributed by atoms with Crippen LogP contribution < -0.4 is 10.5 Å². The van der Waals surface area contributed by atoms with Crippen molar-refractivity contribution in [1.29, 1.82) is 0 Å². The Labute approximate surface area is 172 Å². The van der Waals surface area contributed by atoms with Crippen molar-refractivity contribution in [3.05, 3.63) is 41.5 Å². The molecule has 1 aliphatic rings. The van der Waals surface area contributed by atoms with Crippen molar-refractivity contribution < 1.29 is 14.3 Å². The Balaban J connectivity index is 1.90. The molecule has 1 aromatic heterocycles. The molecular formula is C23H31N3O3. The zero-order valence-corrected chi connectivity index (χ0v) is 17.6. The second kappa shape index (κ2) is 9.85. The van der Waals surface area contributed by atoms with Crippen molar-refractivity contribution in [2.75, 3.05) is 33.4 Å². The number of pyridine rings is 1. The molecule has 1 atom stereocenters. The van der Waals surface area contributed by atoms with Crippen molar-refractivity contribution in [3.63, 3.8) is 0 Å². The fourth-order valence-corrected chi connectivity index (χ4v) is 3.87. The molecule has 0 radical (unpaired) electrons. The van der Waals surface area contributed by atoms with Crippen LogP contribution in [0.15, 0.2) is 30.3 Å². The molecule has 2 N–H and O–H groups in total. The number of likely N-dealkylation sites (tertiary alicyclic amines) is 1. The molecule has 6 nitrogen and oxygen atoms in total. The van der Waals surface area contributed by atoms with Crippen molar-refractivity contribution in [1.82, 2.24) is 9.88 Å². The van der Waals surface area contributed by atoms with Gasteiger partial charge in [-0.1, -0.05) is 19.1 Å². The van der Waals surface area contributed by atoms with Crippen LogP contribution in [-0.4, -0.2) is 55.2 Å². The lowest BCUT2D eigenvalue weighted by Crippen LogP contribution is -2.41. The van der Waals surface area contributed by atoms with Gasteiger partial charge in [-0.05, 0) is 62.0 Å². The number of ether oxygens (including phenoxy) is 2. The van der Waals surface area contributed by atoms with Crippen LogP contribution in [0.1, 0.15) is 43.7 Å². The predicted molar refractivity (Wildman–Crippen MR) is 116 cm³/mol. The molecule has 1 unspecified atom stereocenters. The summed E-state index contributed by atoms with van der Waals surface area (Å²) in [4.78, 5) is 18.9. The second-order valence-corrected chi connectivity index (χ2v) is 7.62. The summed E-state index contributed by atoms with van der Waals surface area (Å²) in [7, 11) is 1.62. The first kappa shape index (κ1) is 21.3. The lowest BCUT2D eigenvalue weighted by atomic mass is 9.94. The minimum atomic E-state index is -0.345. The number of piperidine rings is 1. The highest BCUT2D eigenvalue weighted by atomic mass is 16.5. The van der Waals surface area contributed by atoms with Crippen molar-refractivity contribution in [2.45, 2.75) is 38.6 Å². The number of methoxy groups -OCH3 is 1. The molecule has 2 heterocycles. The maximum Gasteiger partial charge on any atom is 0.330 e. The Morgan fingerprint density at radius 2 is 2.07 bits per heavy atom. The monoisotopic (exact) mass is 397 g/mol. The number of carbonyl (C=O) groups is 1. The summed E-state index contributed by atoms with van der Waals surface area (Å²) in [6.07, 6.45) is 5.35. The number of nitrogens with two attached hydrogens (primary N) is 1. The number of benzene rings is 1. The number of esters is 1. The van der Waals surface area contributed by atoms with Crippen LogP contribution in [0.3, 0.4) is 0 Å². The molecule has 1 aromatic carbocycles. The Bertz CT molecular complexity index is 873. The van der Waals surface area contributed by atoms with Crippen molar-refractivity contribution >= 4 is 22.9 Å². The van der Waals surface area contributed by atoms with Gasteiger partial charge in [-0.15, -0.1) is 0 Å². The molecule has 29 heavy (non-hydrogen) atoms. The van der Waals surface area contributed by atoms with Gasteiger partial charge in [-0.25, -0.2) is 9.78 Å². The van der Waals surface area contributed by atoms with Crippen LogP contribution in [0.5, 0.6) is 5.88 Å². The molecule has 1 aliphatic heterocycles. The third kappa shape index (κ3) is 5.34. The molecule has 1 saturated heterocycles. The summed E-state index contributed by atoms with van der Waals surface area (Å²) >= 11 is 0. The normalized spacial score (nSPS) is 17.0. The second-order valence-electron chi connectivity index (χ2n) is 7.62. The minimum absolute atomic E-state index is 0.314. The van der Waals surface area contributed by atoms with Gasteiger partial charge in [-0.2, -0.15) is 0 Å².